The predicted octanol–water partition coefficient (Wildman–Crippen LogP) is 2.32. The maximum Gasteiger partial charge on any atom is 0.223 e. The summed E-state index contributed by atoms with van der Waals surface area (Å²) in [5.41, 5.74) is 0.986. The zero-order valence-corrected chi connectivity index (χ0v) is 9.88. The van der Waals surface area contributed by atoms with E-state index in [9.17, 15) is 0 Å². The fraction of sp³-hybridized carbons (Fsp3) is 0.222. The van der Waals surface area contributed by atoms with E-state index in [0.717, 1.165) is 15.7 Å². The Kier molecular flexibility index (Phi) is 2.93. The van der Waals surface area contributed by atoms with Crippen LogP contribution < -0.4 is 0 Å². The SMILES string of the molecule is Cc1cc(Sc2ccnc(Cl)n2)n(C)n1. The van der Waals surface area contributed by atoms with Crippen LogP contribution in [0.1, 0.15) is 5.69 Å². The largest absolute Gasteiger partial charge is 0.261 e. The average Bonchev–Trinajstić information content (AvgIpc) is 2.45. The molecule has 0 aliphatic rings. The third kappa shape index (κ3) is 2.49. The van der Waals surface area contributed by atoms with Crippen LogP contribution in [0.5, 0.6) is 0 Å². The smallest absolute Gasteiger partial charge is 0.223 e. The van der Waals surface area contributed by atoms with Gasteiger partial charge in [-0.2, -0.15) is 5.10 Å². The van der Waals surface area contributed by atoms with Crippen LogP contribution in [0, 0.1) is 6.92 Å². The first kappa shape index (κ1) is 10.4. The molecule has 2 aromatic rings. The Morgan fingerprint density at radius 1 is 1.47 bits per heavy atom. The molecule has 0 N–H and O–H groups in total. The van der Waals surface area contributed by atoms with E-state index in [1.165, 1.54) is 11.8 Å². The average molecular weight is 241 g/mol. The van der Waals surface area contributed by atoms with Crippen molar-refractivity contribution in [3.63, 3.8) is 0 Å². The topological polar surface area (TPSA) is 43.6 Å². The molecule has 0 aliphatic carbocycles. The maximum absolute atomic E-state index is 5.70. The summed E-state index contributed by atoms with van der Waals surface area (Å²) in [5.74, 6) is 0. The molecule has 0 bridgehead atoms. The quantitative estimate of drug-likeness (QED) is 0.597. The van der Waals surface area contributed by atoms with Gasteiger partial charge >= 0.3 is 0 Å². The van der Waals surface area contributed by atoms with Crippen molar-refractivity contribution in [3.8, 4) is 0 Å². The second-order valence-corrected chi connectivity index (χ2v) is 4.39. The molecule has 0 amide bonds. The van der Waals surface area contributed by atoms with Crippen LogP contribution in [0.25, 0.3) is 0 Å². The third-order valence-corrected chi connectivity index (χ3v) is 2.98. The fourth-order valence-electron chi connectivity index (χ4n) is 1.17. The molecule has 4 nitrogen and oxygen atoms in total. The van der Waals surface area contributed by atoms with Gasteiger partial charge < -0.3 is 0 Å². The maximum atomic E-state index is 5.70. The van der Waals surface area contributed by atoms with Gasteiger partial charge in [-0.1, -0.05) is 11.8 Å². The molecule has 0 radical (unpaired) electrons. The number of hydrogen-bond acceptors (Lipinski definition) is 4. The first-order chi connectivity index (χ1) is 7.15. The van der Waals surface area contributed by atoms with Crippen LogP contribution in [0.15, 0.2) is 28.4 Å². The molecular weight excluding hydrogens is 232 g/mol. The molecule has 0 saturated carbocycles. The van der Waals surface area contributed by atoms with Gasteiger partial charge in [0.05, 0.1) is 5.69 Å². The summed E-state index contributed by atoms with van der Waals surface area (Å²) < 4.78 is 1.82. The summed E-state index contributed by atoms with van der Waals surface area (Å²) in [6.07, 6.45) is 1.64. The van der Waals surface area contributed by atoms with Crippen molar-refractivity contribution in [1.29, 1.82) is 0 Å². The third-order valence-electron chi connectivity index (χ3n) is 1.77. The molecule has 0 aliphatic heterocycles. The van der Waals surface area contributed by atoms with Gasteiger partial charge in [-0.3, -0.25) is 4.68 Å². The van der Waals surface area contributed by atoms with Crippen LogP contribution >= 0.6 is 23.4 Å². The summed E-state index contributed by atoms with van der Waals surface area (Å²) in [4.78, 5) is 7.92. The molecule has 0 unspecified atom stereocenters. The molecule has 0 spiro atoms. The lowest BCUT2D eigenvalue weighted by molar-refractivity contribution is 0.692. The highest BCUT2D eigenvalue weighted by Gasteiger charge is 2.05. The predicted molar refractivity (Wildman–Crippen MR) is 59.1 cm³/mol. The molecular formula is C9H9ClN4S. The Morgan fingerprint density at radius 2 is 2.27 bits per heavy atom. The van der Waals surface area contributed by atoms with Gasteiger partial charge in [-0.15, -0.1) is 0 Å². The Labute approximate surface area is 96.7 Å². The lowest BCUT2D eigenvalue weighted by atomic mass is 10.5. The van der Waals surface area contributed by atoms with E-state index in [2.05, 4.69) is 15.1 Å². The summed E-state index contributed by atoms with van der Waals surface area (Å²) >= 11 is 7.21. The van der Waals surface area contributed by atoms with Gasteiger partial charge in [0.2, 0.25) is 5.28 Å². The molecule has 2 heterocycles. The van der Waals surface area contributed by atoms with Crippen molar-refractivity contribution >= 4 is 23.4 Å². The second-order valence-electron chi connectivity index (χ2n) is 3.01. The fourth-order valence-corrected chi connectivity index (χ4v) is 2.24. The molecule has 6 heteroatoms. The monoisotopic (exact) mass is 240 g/mol. The Morgan fingerprint density at radius 3 is 2.87 bits per heavy atom. The van der Waals surface area contributed by atoms with Crippen molar-refractivity contribution in [2.75, 3.05) is 0 Å². The molecule has 15 heavy (non-hydrogen) atoms. The van der Waals surface area contributed by atoms with E-state index in [-0.39, 0.29) is 5.28 Å². The molecule has 2 aromatic heterocycles. The van der Waals surface area contributed by atoms with E-state index < -0.39 is 0 Å². The minimum absolute atomic E-state index is 0.263. The van der Waals surface area contributed by atoms with Crippen LogP contribution in [0.3, 0.4) is 0 Å². The summed E-state index contributed by atoms with van der Waals surface area (Å²) in [6, 6.07) is 3.82. The number of nitrogens with zero attached hydrogens (tertiary/aromatic N) is 4. The van der Waals surface area contributed by atoms with Crippen molar-refractivity contribution in [3.05, 3.63) is 29.3 Å². The minimum Gasteiger partial charge on any atom is -0.261 e. The molecule has 0 saturated heterocycles. The lowest BCUT2D eigenvalue weighted by Gasteiger charge is -2.00. The van der Waals surface area contributed by atoms with Gasteiger partial charge in [0.1, 0.15) is 10.1 Å². The molecule has 78 valence electrons. The highest BCUT2D eigenvalue weighted by molar-refractivity contribution is 7.99. The Bertz CT molecular complexity index is 483. The minimum atomic E-state index is 0.263. The molecule has 2 rings (SSSR count). The Balaban J connectivity index is 2.25. The zero-order chi connectivity index (χ0) is 10.8. The number of halogens is 1. The lowest BCUT2D eigenvalue weighted by Crippen LogP contribution is -1.93. The van der Waals surface area contributed by atoms with E-state index >= 15 is 0 Å². The van der Waals surface area contributed by atoms with E-state index in [4.69, 9.17) is 11.6 Å². The van der Waals surface area contributed by atoms with E-state index in [1.807, 2.05) is 30.8 Å². The first-order valence-electron chi connectivity index (χ1n) is 4.32. The summed E-state index contributed by atoms with van der Waals surface area (Å²) in [6.45, 7) is 1.96. The van der Waals surface area contributed by atoms with Crippen molar-refractivity contribution < 1.29 is 0 Å². The highest BCUT2D eigenvalue weighted by atomic mass is 35.5. The van der Waals surface area contributed by atoms with Crippen LogP contribution in [0.2, 0.25) is 5.28 Å². The summed E-state index contributed by atoms with van der Waals surface area (Å²) in [5, 5.41) is 6.36. The van der Waals surface area contributed by atoms with E-state index in [0.29, 0.717) is 0 Å². The number of rotatable bonds is 2. The van der Waals surface area contributed by atoms with E-state index in [1.54, 1.807) is 6.20 Å². The van der Waals surface area contributed by atoms with Gasteiger partial charge in [-0.25, -0.2) is 9.97 Å². The molecule has 0 aromatic carbocycles. The van der Waals surface area contributed by atoms with Gasteiger partial charge in [0.25, 0.3) is 0 Å². The van der Waals surface area contributed by atoms with Gasteiger partial charge in [0, 0.05) is 13.2 Å². The molecule has 0 atom stereocenters. The highest BCUT2D eigenvalue weighted by Crippen LogP contribution is 2.26. The standard InChI is InChI=1S/C9H9ClN4S/c1-6-5-8(14(2)13-6)15-7-3-4-11-9(10)12-7/h3-5H,1-2H3. The van der Waals surface area contributed by atoms with Crippen LogP contribution in [-0.2, 0) is 7.05 Å². The van der Waals surface area contributed by atoms with Crippen molar-refractivity contribution in [1.82, 2.24) is 19.7 Å². The Hall–Kier alpha value is -1.07. The first-order valence-corrected chi connectivity index (χ1v) is 5.51. The van der Waals surface area contributed by atoms with Gasteiger partial charge in [0.15, 0.2) is 0 Å². The zero-order valence-electron chi connectivity index (χ0n) is 8.31. The van der Waals surface area contributed by atoms with Crippen molar-refractivity contribution in [2.45, 2.75) is 17.0 Å². The van der Waals surface area contributed by atoms with Crippen LogP contribution in [0.4, 0.5) is 0 Å². The number of aromatic nitrogens is 4. The number of hydrogen-bond donors (Lipinski definition) is 0. The van der Waals surface area contributed by atoms with Crippen LogP contribution in [-0.4, -0.2) is 19.7 Å². The molecule has 0 fully saturated rings. The summed E-state index contributed by atoms with van der Waals surface area (Å²) in [7, 11) is 1.90. The second kappa shape index (κ2) is 4.20. The number of aryl methyl sites for hydroxylation is 2. The normalized spacial score (nSPS) is 10.6. The van der Waals surface area contributed by atoms with Gasteiger partial charge in [-0.05, 0) is 30.7 Å². The van der Waals surface area contributed by atoms with Crippen molar-refractivity contribution in [2.24, 2.45) is 7.05 Å².